The number of benzene rings is 4. The number of aryl methyl sites for hydroxylation is 2. The Balaban J connectivity index is 1.39. The average molecular weight is 787 g/mol. The summed E-state index contributed by atoms with van der Waals surface area (Å²) < 4.78 is 11.9. The van der Waals surface area contributed by atoms with Crippen LogP contribution in [0, 0.1) is 19.3 Å². The number of nitrogens with one attached hydrogen (secondary N) is 3. The number of rotatable bonds is 10. The lowest BCUT2D eigenvalue weighted by Crippen LogP contribution is -2.81. The monoisotopic (exact) mass is 786 g/mol. The SMILES string of the molecule is Cc1ccc(N2CCOC(C(O)(C(=O)Nc3ccc(C(=N)N)cc3)C(O)(C(=O)Nc3ccc4c(N)nccc4c3)C3OCCN(c4ccc(C)cc4)C3=O)C2=O)cc1. The quantitative estimate of drug-likeness (QED) is 0.0801. The van der Waals surface area contributed by atoms with Crippen LogP contribution in [0.5, 0.6) is 0 Å². The largest absolute Gasteiger partial charge is 0.384 e. The molecular formula is C42H42N8O8. The van der Waals surface area contributed by atoms with E-state index in [4.69, 9.17) is 26.4 Å². The zero-order valence-electron chi connectivity index (χ0n) is 31.6. The summed E-state index contributed by atoms with van der Waals surface area (Å²) in [7, 11) is 0. The van der Waals surface area contributed by atoms with Crippen LogP contribution < -0.4 is 31.9 Å². The number of aliphatic hydroxyl groups is 2. The normalized spacial score (nSPS) is 19.2. The van der Waals surface area contributed by atoms with Crippen LogP contribution in [-0.2, 0) is 28.7 Å². The lowest BCUT2D eigenvalue weighted by molar-refractivity contribution is -0.237. The maximum atomic E-state index is 15.0. The van der Waals surface area contributed by atoms with E-state index in [1.807, 2.05) is 13.8 Å². The van der Waals surface area contributed by atoms with Crippen molar-refractivity contribution in [1.82, 2.24) is 4.98 Å². The maximum absolute atomic E-state index is 15.0. The van der Waals surface area contributed by atoms with Crippen molar-refractivity contribution in [1.29, 1.82) is 5.41 Å². The molecule has 0 spiro atoms. The van der Waals surface area contributed by atoms with Gasteiger partial charge >= 0.3 is 0 Å². The predicted molar refractivity (Wildman–Crippen MR) is 217 cm³/mol. The highest BCUT2D eigenvalue weighted by Gasteiger charge is 2.73. The second kappa shape index (κ2) is 15.7. The Bertz CT molecular complexity index is 2410. The number of aromatic nitrogens is 1. The summed E-state index contributed by atoms with van der Waals surface area (Å²) in [6, 6.07) is 25.5. The first-order valence-electron chi connectivity index (χ1n) is 18.4. The molecule has 4 unspecified atom stereocenters. The van der Waals surface area contributed by atoms with Crippen molar-refractivity contribution >= 4 is 68.8 Å². The van der Waals surface area contributed by atoms with Gasteiger partial charge in [0.2, 0.25) is 11.2 Å². The summed E-state index contributed by atoms with van der Waals surface area (Å²) in [5.74, 6) is -4.95. The van der Waals surface area contributed by atoms with E-state index in [9.17, 15) is 24.6 Å². The third-order valence-corrected chi connectivity index (χ3v) is 10.4. The third-order valence-electron chi connectivity index (χ3n) is 10.4. The van der Waals surface area contributed by atoms with Crippen molar-refractivity contribution in [3.05, 3.63) is 120 Å². The van der Waals surface area contributed by atoms with E-state index in [-0.39, 0.29) is 49.3 Å². The summed E-state index contributed by atoms with van der Waals surface area (Å²) in [5.41, 5.74) is 7.46. The van der Waals surface area contributed by atoms with Crippen molar-refractivity contribution in [3.8, 4) is 0 Å². The fourth-order valence-electron chi connectivity index (χ4n) is 7.18. The van der Waals surface area contributed by atoms with Crippen molar-refractivity contribution in [3.63, 3.8) is 0 Å². The molecule has 16 heteroatoms. The minimum atomic E-state index is -3.60. The number of ether oxygens (including phenoxy) is 2. The second-order valence-corrected chi connectivity index (χ2v) is 14.2. The number of pyridine rings is 1. The lowest BCUT2D eigenvalue weighted by atomic mass is 9.71. The number of nitrogens with two attached hydrogens (primary N) is 2. The molecule has 1 aromatic heterocycles. The van der Waals surface area contributed by atoms with Crippen LogP contribution in [0.25, 0.3) is 10.8 Å². The van der Waals surface area contributed by atoms with E-state index in [0.717, 1.165) is 11.1 Å². The number of carbonyl (C=O) groups is 4. The number of hydrogen-bond acceptors (Lipinski definition) is 11. The highest BCUT2D eigenvalue weighted by atomic mass is 16.5. The van der Waals surface area contributed by atoms with Gasteiger partial charge in [0.25, 0.3) is 23.6 Å². The fraction of sp³-hybridized carbons (Fsp3) is 0.238. The average Bonchev–Trinajstić information content (AvgIpc) is 3.21. The van der Waals surface area contributed by atoms with Gasteiger partial charge in [-0.1, -0.05) is 35.4 Å². The highest BCUT2D eigenvalue weighted by Crippen LogP contribution is 2.40. The van der Waals surface area contributed by atoms with E-state index in [1.165, 1.54) is 52.4 Å². The van der Waals surface area contributed by atoms with Crippen LogP contribution in [0.2, 0.25) is 0 Å². The molecule has 5 aromatic rings. The maximum Gasteiger partial charge on any atom is 0.263 e. The van der Waals surface area contributed by atoms with Crippen molar-refractivity contribution in [2.75, 3.05) is 52.5 Å². The van der Waals surface area contributed by atoms with E-state index in [2.05, 4.69) is 15.6 Å². The smallest absolute Gasteiger partial charge is 0.263 e. The van der Waals surface area contributed by atoms with Gasteiger partial charge in [-0.25, -0.2) is 4.98 Å². The summed E-state index contributed by atoms with van der Waals surface area (Å²) in [6.07, 6.45) is -3.11. The van der Waals surface area contributed by atoms with E-state index >= 15 is 4.79 Å². The summed E-state index contributed by atoms with van der Waals surface area (Å²) in [5, 5.41) is 40.3. The van der Waals surface area contributed by atoms with Crippen LogP contribution in [0.1, 0.15) is 16.7 Å². The molecule has 0 bridgehead atoms. The second-order valence-electron chi connectivity index (χ2n) is 14.2. The van der Waals surface area contributed by atoms with Crippen LogP contribution in [0.3, 0.4) is 0 Å². The summed E-state index contributed by atoms with van der Waals surface area (Å²) in [6.45, 7) is 3.20. The van der Waals surface area contributed by atoms with Crippen LogP contribution in [-0.4, -0.2) is 94.4 Å². The Morgan fingerprint density at radius 2 is 1.21 bits per heavy atom. The molecule has 7 rings (SSSR count). The summed E-state index contributed by atoms with van der Waals surface area (Å²) in [4.78, 5) is 65.9. The van der Waals surface area contributed by atoms with Crippen LogP contribution in [0.4, 0.5) is 28.6 Å². The molecule has 0 radical (unpaired) electrons. The Kier molecular flexibility index (Phi) is 10.7. The molecule has 4 aromatic carbocycles. The molecule has 2 saturated heterocycles. The molecule has 16 nitrogen and oxygen atoms in total. The van der Waals surface area contributed by atoms with Crippen LogP contribution in [0.15, 0.2) is 103 Å². The minimum Gasteiger partial charge on any atom is -0.384 e. The Morgan fingerprint density at radius 3 is 1.69 bits per heavy atom. The Hall–Kier alpha value is -6.72. The van der Waals surface area contributed by atoms with E-state index < -0.39 is 47.0 Å². The molecule has 4 atom stereocenters. The lowest BCUT2D eigenvalue weighted by Gasteiger charge is -2.50. The molecule has 0 saturated carbocycles. The molecule has 3 heterocycles. The number of hydrogen-bond donors (Lipinski definition) is 7. The number of fused-ring (bicyclic) bond motifs is 1. The molecule has 298 valence electrons. The number of anilines is 5. The van der Waals surface area contributed by atoms with Gasteiger partial charge in [0.1, 0.15) is 11.7 Å². The number of amides is 4. The van der Waals surface area contributed by atoms with Gasteiger partial charge in [0.05, 0.1) is 13.2 Å². The van der Waals surface area contributed by atoms with Gasteiger partial charge in [0.15, 0.2) is 12.2 Å². The zero-order valence-corrected chi connectivity index (χ0v) is 31.6. The predicted octanol–water partition coefficient (Wildman–Crippen LogP) is 2.62. The van der Waals surface area contributed by atoms with Crippen molar-refractivity contribution in [2.45, 2.75) is 37.3 Å². The van der Waals surface area contributed by atoms with Crippen molar-refractivity contribution < 1.29 is 38.9 Å². The van der Waals surface area contributed by atoms with Gasteiger partial charge in [-0.2, -0.15) is 0 Å². The molecule has 2 fully saturated rings. The van der Waals surface area contributed by atoms with Gasteiger partial charge in [-0.05, 0) is 92.0 Å². The third kappa shape index (κ3) is 7.09. The van der Waals surface area contributed by atoms with Crippen LogP contribution >= 0.6 is 0 Å². The first kappa shape index (κ1) is 39.5. The Morgan fingerprint density at radius 1 is 0.741 bits per heavy atom. The van der Waals surface area contributed by atoms with Gasteiger partial charge in [-0.3, -0.25) is 24.6 Å². The molecule has 0 aliphatic carbocycles. The number of nitrogens with zero attached hydrogens (tertiary/aromatic N) is 3. The first-order chi connectivity index (χ1) is 27.7. The first-order valence-corrected chi connectivity index (χ1v) is 18.4. The molecule has 2 aliphatic rings. The number of amidine groups is 1. The van der Waals surface area contributed by atoms with Crippen molar-refractivity contribution in [2.24, 2.45) is 5.73 Å². The number of nitrogen functional groups attached to an aromatic ring is 2. The Labute approximate surface area is 332 Å². The topological polar surface area (TPSA) is 247 Å². The molecule has 4 amide bonds. The molecule has 9 N–H and O–H groups in total. The zero-order chi connectivity index (χ0) is 41.4. The van der Waals surface area contributed by atoms with Gasteiger partial charge < -0.3 is 51.6 Å². The van der Waals surface area contributed by atoms with E-state index in [1.54, 1.807) is 60.7 Å². The molecule has 2 aliphatic heterocycles. The molecule has 58 heavy (non-hydrogen) atoms. The van der Waals surface area contributed by atoms with Gasteiger partial charge in [-0.15, -0.1) is 0 Å². The van der Waals surface area contributed by atoms with E-state index in [0.29, 0.717) is 27.7 Å². The molecular weight excluding hydrogens is 745 g/mol. The number of morpholine rings is 2. The van der Waals surface area contributed by atoms with Gasteiger partial charge in [0, 0.05) is 53.0 Å². The number of carbonyl (C=O) groups excluding carboxylic acids is 4. The summed E-state index contributed by atoms with van der Waals surface area (Å²) >= 11 is 0. The highest BCUT2D eigenvalue weighted by molar-refractivity contribution is 6.15. The fourth-order valence-corrected chi connectivity index (χ4v) is 7.18. The minimum absolute atomic E-state index is 0.0105. The standard InChI is InChI=1S/C42H42N8O8/c1-24-3-12-30(13-4-24)49-19-21-57-33(37(49)51)41(55,39(53)47-28-9-7-26(8-10-28)35(43)44)42(56,34-38(52)50(20-22-58-34)31-14-5-25(2)6-15-31)40(54)48-29-11-16-32-27(23-29)17-18-46-36(32)45/h3-18,23,33-34,55-56H,19-22H2,1-2H3,(H3,43,44)(H2,45,46)(H,47,53)(H,48,54).